The fraction of sp³-hybridized carbons (Fsp3) is 0. The van der Waals surface area contributed by atoms with E-state index < -0.39 is 0 Å². The number of nitrogens with zero attached hydrogens (tertiary/aromatic N) is 3. The van der Waals surface area contributed by atoms with Crippen LogP contribution in [-0.4, -0.2) is 14.6 Å². The zero-order valence-electron chi connectivity index (χ0n) is 12.1. The maximum atomic E-state index is 13.0. The molecule has 0 fully saturated rings. The summed E-state index contributed by atoms with van der Waals surface area (Å²) in [5.74, 6) is 0.0699. The summed E-state index contributed by atoms with van der Waals surface area (Å²) < 4.78 is 14.8. The first-order chi connectivity index (χ1) is 11.6. The molecule has 0 saturated heterocycles. The number of thiazole rings is 1. The van der Waals surface area contributed by atoms with Crippen LogP contribution < -0.4 is 10.1 Å². The van der Waals surface area contributed by atoms with E-state index in [0.29, 0.717) is 25.9 Å². The molecule has 0 atom stereocenters. The molecule has 4 rings (SSSR count). The summed E-state index contributed by atoms with van der Waals surface area (Å²) in [5.41, 5.74) is 1.31. The van der Waals surface area contributed by atoms with Gasteiger partial charge in [-0.3, -0.25) is 4.79 Å². The highest BCUT2D eigenvalue weighted by molar-refractivity contribution is 7.15. The van der Waals surface area contributed by atoms with Gasteiger partial charge in [-0.15, -0.1) is 5.10 Å². The number of hydrogen-bond acceptors (Lipinski definition) is 4. The molecule has 2 heterocycles. The van der Waals surface area contributed by atoms with E-state index in [0.717, 1.165) is 5.56 Å². The maximum Gasteiger partial charge on any atom is 0.291 e. The van der Waals surface area contributed by atoms with Crippen LogP contribution in [0.25, 0.3) is 22.4 Å². The van der Waals surface area contributed by atoms with Crippen LogP contribution in [-0.2, 0) is 0 Å². The molecule has 0 radical (unpaired) electrons. The first kappa shape index (κ1) is 15.0. The largest absolute Gasteiger partial charge is 0.291 e. The minimum absolute atomic E-state index is 0.231. The van der Waals surface area contributed by atoms with E-state index in [1.807, 2.05) is 12.1 Å². The van der Waals surface area contributed by atoms with E-state index in [1.54, 1.807) is 30.3 Å². The van der Waals surface area contributed by atoms with Crippen LogP contribution in [0.1, 0.15) is 5.56 Å². The summed E-state index contributed by atoms with van der Waals surface area (Å²) in [5, 5.41) is 4.87. The van der Waals surface area contributed by atoms with Gasteiger partial charge in [-0.05, 0) is 48.0 Å². The molecule has 0 bridgehead atoms. The van der Waals surface area contributed by atoms with Crippen LogP contribution in [0.3, 0.4) is 0 Å². The van der Waals surface area contributed by atoms with Crippen molar-refractivity contribution in [2.45, 2.75) is 0 Å². The van der Waals surface area contributed by atoms with Crippen molar-refractivity contribution in [1.29, 1.82) is 0 Å². The number of aromatic nitrogens is 3. The summed E-state index contributed by atoms with van der Waals surface area (Å²) in [4.78, 5) is 17.3. The van der Waals surface area contributed by atoms with Crippen molar-refractivity contribution in [1.82, 2.24) is 14.6 Å². The average molecular weight is 358 g/mol. The second-order valence-electron chi connectivity index (χ2n) is 5.10. The Morgan fingerprint density at radius 1 is 1.08 bits per heavy atom. The Kier molecular flexibility index (Phi) is 3.63. The number of fused-ring (bicyclic) bond motifs is 1. The summed E-state index contributed by atoms with van der Waals surface area (Å²) >= 11 is 7.11. The van der Waals surface area contributed by atoms with Gasteiger partial charge in [0.2, 0.25) is 4.96 Å². The Balaban J connectivity index is 1.79. The molecule has 4 aromatic rings. The third kappa shape index (κ3) is 2.70. The van der Waals surface area contributed by atoms with Crippen molar-refractivity contribution in [3.05, 3.63) is 79.8 Å². The molecule has 24 heavy (non-hydrogen) atoms. The lowest BCUT2D eigenvalue weighted by Gasteiger charge is -1.93. The summed E-state index contributed by atoms with van der Waals surface area (Å²) in [6.07, 6.45) is 1.78. The van der Waals surface area contributed by atoms with Gasteiger partial charge in [-0.2, -0.15) is 9.50 Å². The fourth-order valence-electron chi connectivity index (χ4n) is 2.27. The molecule has 4 nitrogen and oxygen atoms in total. The minimum atomic E-state index is -0.330. The van der Waals surface area contributed by atoms with Crippen LogP contribution >= 0.6 is 22.9 Å². The van der Waals surface area contributed by atoms with Crippen LogP contribution in [0.5, 0.6) is 0 Å². The van der Waals surface area contributed by atoms with Crippen molar-refractivity contribution >= 4 is 34.0 Å². The molecule has 7 heteroatoms. The molecular formula is C17H9ClFN3OS. The van der Waals surface area contributed by atoms with E-state index in [2.05, 4.69) is 10.1 Å². The van der Waals surface area contributed by atoms with Gasteiger partial charge in [0.1, 0.15) is 5.82 Å². The van der Waals surface area contributed by atoms with E-state index in [4.69, 9.17) is 11.6 Å². The lowest BCUT2D eigenvalue weighted by molar-refractivity contribution is 0.628. The van der Waals surface area contributed by atoms with Gasteiger partial charge in [-0.25, -0.2) is 4.39 Å². The van der Waals surface area contributed by atoms with Crippen LogP contribution in [0.2, 0.25) is 5.02 Å². The standard InChI is InChI=1S/C17H9ClFN3OS/c18-12-5-1-10(2-6-12)9-14-16(23)22-17(24-14)20-15(21-22)11-3-7-13(19)8-4-11/h1-9H/b14-9-. The van der Waals surface area contributed by atoms with E-state index in [9.17, 15) is 9.18 Å². The first-order valence-electron chi connectivity index (χ1n) is 7.03. The minimum Gasteiger partial charge on any atom is -0.266 e. The second kappa shape index (κ2) is 5.81. The molecule has 0 saturated carbocycles. The molecule has 0 N–H and O–H groups in total. The Morgan fingerprint density at radius 2 is 1.79 bits per heavy atom. The molecule has 0 aliphatic rings. The molecular weight excluding hydrogens is 349 g/mol. The average Bonchev–Trinajstić information content (AvgIpc) is 3.11. The lowest BCUT2D eigenvalue weighted by Crippen LogP contribution is -2.23. The van der Waals surface area contributed by atoms with Gasteiger partial charge in [0.25, 0.3) is 5.56 Å². The van der Waals surface area contributed by atoms with E-state index >= 15 is 0 Å². The SMILES string of the molecule is O=c1/c(=C/c2ccc(Cl)cc2)sc2nc(-c3ccc(F)cc3)nn12. The van der Waals surface area contributed by atoms with Crippen LogP contribution in [0.15, 0.2) is 53.3 Å². The third-order valence-corrected chi connectivity index (χ3v) is 4.66. The predicted octanol–water partition coefficient (Wildman–Crippen LogP) is 3.16. The third-order valence-electron chi connectivity index (χ3n) is 3.45. The predicted molar refractivity (Wildman–Crippen MR) is 92.8 cm³/mol. The van der Waals surface area contributed by atoms with Crippen LogP contribution in [0, 0.1) is 5.82 Å². The lowest BCUT2D eigenvalue weighted by atomic mass is 10.2. The van der Waals surface area contributed by atoms with Crippen molar-refractivity contribution in [2.75, 3.05) is 0 Å². The number of halogens is 2. The van der Waals surface area contributed by atoms with Gasteiger partial charge in [-0.1, -0.05) is 35.1 Å². The smallest absolute Gasteiger partial charge is 0.266 e. The molecule has 2 aromatic carbocycles. The van der Waals surface area contributed by atoms with E-state index in [-0.39, 0.29) is 11.4 Å². The quantitative estimate of drug-likeness (QED) is 0.553. The normalized spacial score (nSPS) is 12.2. The molecule has 2 aromatic heterocycles. The monoisotopic (exact) mass is 357 g/mol. The number of rotatable bonds is 2. The highest BCUT2D eigenvalue weighted by Crippen LogP contribution is 2.17. The zero-order chi connectivity index (χ0) is 16.7. The van der Waals surface area contributed by atoms with Crippen LogP contribution in [0.4, 0.5) is 4.39 Å². The zero-order valence-corrected chi connectivity index (χ0v) is 13.7. The highest BCUT2D eigenvalue weighted by Gasteiger charge is 2.11. The van der Waals surface area contributed by atoms with Gasteiger partial charge >= 0.3 is 0 Å². The van der Waals surface area contributed by atoms with Gasteiger partial charge < -0.3 is 0 Å². The number of hydrogen-bond donors (Lipinski definition) is 0. The Morgan fingerprint density at radius 3 is 2.46 bits per heavy atom. The Hall–Kier alpha value is -2.57. The highest BCUT2D eigenvalue weighted by atomic mass is 35.5. The van der Waals surface area contributed by atoms with Crippen molar-refractivity contribution in [3.63, 3.8) is 0 Å². The molecule has 0 spiro atoms. The molecule has 0 unspecified atom stereocenters. The summed E-state index contributed by atoms with van der Waals surface area (Å²) in [6, 6.07) is 13.0. The van der Waals surface area contributed by atoms with E-state index in [1.165, 1.54) is 28.0 Å². The van der Waals surface area contributed by atoms with Gasteiger partial charge in [0, 0.05) is 10.6 Å². The summed E-state index contributed by atoms with van der Waals surface area (Å²) in [6.45, 7) is 0. The topological polar surface area (TPSA) is 47.3 Å². The van der Waals surface area contributed by atoms with Crippen molar-refractivity contribution < 1.29 is 4.39 Å². The summed E-state index contributed by atoms with van der Waals surface area (Å²) in [7, 11) is 0. The number of benzene rings is 2. The maximum absolute atomic E-state index is 13.0. The molecule has 118 valence electrons. The molecule has 0 aliphatic carbocycles. The van der Waals surface area contributed by atoms with Crippen molar-refractivity contribution in [2.24, 2.45) is 0 Å². The van der Waals surface area contributed by atoms with Gasteiger partial charge in [0.15, 0.2) is 5.82 Å². The van der Waals surface area contributed by atoms with Crippen molar-refractivity contribution in [3.8, 4) is 11.4 Å². The van der Waals surface area contributed by atoms with Gasteiger partial charge in [0.05, 0.1) is 4.53 Å². The Bertz CT molecular complexity index is 1130. The fourth-order valence-corrected chi connectivity index (χ4v) is 3.30. The first-order valence-corrected chi connectivity index (χ1v) is 8.22. The molecule has 0 amide bonds. The Labute approximate surface area is 144 Å². The second-order valence-corrected chi connectivity index (χ2v) is 6.55. The molecule has 0 aliphatic heterocycles.